The van der Waals surface area contributed by atoms with Gasteiger partial charge in [-0.2, -0.15) is 13.2 Å². The number of carbonyl (C=O) groups is 1. The normalized spacial score (nSPS) is 22.9. The molecule has 3 atom stereocenters. The molecule has 2 saturated carbocycles. The van der Waals surface area contributed by atoms with Crippen LogP contribution < -0.4 is 4.90 Å². The van der Waals surface area contributed by atoms with Gasteiger partial charge in [0.25, 0.3) is 0 Å². The lowest BCUT2D eigenvalue weighted by Gasteiger charge is -2.34. The third kappa shape index (κ3) is 4.54. The van der Waals surface area contributed by atoms with E-state index in [1.807, 2.05) is 0 Å². The smallest absolute Gasteiger partial charge is 0.418 e. The molecule has 1 aliphatic heterocycles. The summed E-state index contributed by atoms with van der Waals surface area (Å²) in [5.74, 6) is -0.303. The van der Waals surface area contributed by atoms with Gasteiger partial charge in [-0.15, -0.1) is 0 Å². The first-order valence-electron chi connectivity index (χ1n) is 12.4. The van der Waals surface area contributed by atoms with Gasteiger partial charge in [-0.05, 0) is 56.0 Å². The quantitative estimate of drug-likeness (QED) is 0.320. The number of halogens is 5. The first kappa shape index (κ1) is 25.5. The zero-order valence-electron chi connectivity index (χ0n) is 20.0. The highest BCUT2D eigenvalue weighted by Crippen LogP contribution is 2.48. The van der Waals surface area contributed by atoms with Crippen molar-refractivity contribution >= 4 is 34.9 Å². The lowest BCUT2D eigenvalue weighted by Crippen LogP contribution is -2.39. The molecule has 2 heterocycles. The lowest BCUT2D eigenvalue weighted by molar-refractivity contribution is -0.137. The first-order valence-corrected chi connectivity index (χ1v) is 13.1. The van der Waals surface area contributed by atoms with E-state index in [1.165, 1.54) is 12.1 Å². The third-order valence-corrected chi connectivity index (χ3v) is 8.37. The molecule has 0 spiro atoms. The van der Waals surface area contributed by atoms with Gasteiger partial charge in [0.05, 0.1) is 33.9 Å². The standard InChI is InChI=1S/C27H23Cl2F3N2O4/c28-19-2-1-3-20(29)23(19)24-17(25(38-33-24)13-4-5-13)12-37-22-10-16-8-15(22)11-34(16)21-7-6-14(26(35)36)9-18(21)27(30,31)32/h1-3,6-7,9,13,15-16,22H,4-5,8,10-12H2,(H,35,36)/t15-,16-,22+/m0/s1. The maximum Gasteiger partial charge on any atom is 0.418 e. The Balaban J connectivity index is 1.21. The number of aromatic carboxylic acids is 1. The monoisotopic (exact) mass is 566 g/mol. The fourth-order valence-corrected chi connectivity index (χ4v) is 6.37. The number of hydrogen-bond donors (Lipinski definition) is 1. The highest BCUT2D eigenvalue weighted by atomic mass is 35.5. The van der Waals surface area contributed by atoms with E-state index in [2.05, 4.69) is 5.16 Å². The predicted octanol–water partition coefficient (Wildman–Crippen LogP) is 7.43. The summed E-state index contributed by atoms with van der Waals surface area (Å²) < 4.78 is 53.5. The average Bonchev–Trinajstić information content (AvgIpc) is 3.32. The van der Waals surface area contributed by atoms with Crippen molar-refractivity contribution in [2.24, 2.45) is 5.92 Å². The molecule has 1 saturated heterocycles. The lowest BCUT2D eigenvalue weighted by atomic mass is 10.0. The van der Waals surface area contributed by atoms with E-state index in [0.717, 1.165) is 24.2 Å². The van der Waals surface area contributed by atoms with Crippen LogP contribution in [0.15, 0.2) is 40.9 Å². The topological polar surface area (TPSA) is 75.8 Å². The Hall–Kier alpha value is -2.75. The van der Waals surface area contributed by atoms with Gasteiger partial charge in [-0.1, -0.05) is 34.4 Å². The summed E-state index contributed by atoms with van der Waals surface area (Å²) >= 11 is 12.9. The Morgan fingerprint density at radius 2 is 1.89 bits per heavy atom. The summed E-state index contributed by atoms with van der Waals surface area (Å²) in [6.45, 7) is 0.633. The van der Waals surface area contributed by atoms with Gasteiger partial charge in [-0.25, -0.2) is 4.79 Å². The van der Waals surface area contributed by atoms with Crippen molar-refractivity contribution in [2.45, 2.75) is 56.5 Å². The molecule has 0 radical (unpaired) electrons. The minimum atomic E-state index is -4.66. The molecule has 0 amide bonds. The summed E-state index contributed by atoms with van der Waals surface area (Å²) in [5, 5.41) is 14.4. The summed E-state index contributed by atoms with van der Waals surface area (Å²) in [5.41, 5.74) is 0.655. The van der Waals surface area contributed by atoms with Crippen LogP contribution in [0.4, 0.5) is 18.9 Å². The summed E-state index contributed by atoms with van der Waals surface area (Å²) in [4.78, 5) is 13.0. The van der Waals surface area contributed by atoms with E-state index in [-0.39, 0.29) is 41.8 Å². The van der Waals surface area contributed by atoms with E-state index in [4.69, 9.17) is 37.6 Å². The number of rotatable bonds is 7. The first-order chi connectivity index (χ1) is 18.1. The van der Waals surface area contributed by atoms with Gasteiger partial charge in [-0.3, -0.25) is 0 Å². The van der Waals surface area contributed by atoms with Crippen molar-refractivity contribution in [2.75, 3.05) is 11.4 Å². The molecule has 6 nitrogen and oxygen atoms in total. The van der Waals surface area contributed by atoms with Crippen LogP contribution in [0.5, 0.6) is 0 Å². The molecule has 11 heteroatoms. The summed E-state index contributed by atoms with van der Waals surface area (Å²) in [6.07, 6.45) is -1.53. The molecule has 2 bridgehead atoms. The molecular formula is C27H23Cl2F3N2O4. The van der Waals surface area contributed by atoms with Crippen LogP contribution in [0.2, 0.25) is 10.0 Å². The van der Waals surface area contributed by atoms with Gasteiger partial charge >= 0.3 is 12.1 Å². The number of fused-ring (bicyclic) bond motifs is 2. The van der Waals surface area contributed by atoms with Crippen LogP contribution in [-0.4, -0.2) is 34.9 Å². The minimum Gasteiger partial charge on any atom is -0.478 e. The number of nitrogens with zero attached hydrogens (tertiary/aromatic N) is 2. The Kier molecular flexibility index (Phi) is 6.36. The molecule has 200 valence electrons. The SMILES string of the molecule is O=C(O)c1ccc(N2C[C@@H]3C[C@H]2C[C@H]3OCc2c(-c3c(Cl)cccc3Cl)noc2C2CC2)c(C(F)(F)F)c1. The molecular weight excluding hydrogens is 544 g/mol. The number of hydrogen-bond acceptors (Lipinski definition) is 5. The highest BCUT2D eigenvalue weighted by molar-refractivity contribution is 6.39. The third-order valence-electron chi connectivity index (χ3n) is 7.74. The van der Waals surface area contributed by atoms with Crippen molar-refractivity contribution in [3.05, 3.63) is 68.9 Å². The summed E-state index contributed by atoms with van der Waals surface area (Å²) in [7, 11) is 0. The van der Waals surface area contributed by atoms with Crippen LogP contribution in [-0.2, 0) is 17.5 Å². The Morgan fingerprint density at radius 1 is 1.16 bits per heavy atom. The number of carboxylic acids is 1. The van der Waals surface area contributed by atoms with Gasteiger partial charge in [0.1, 0.15) is 11.5 Å². The van der Waals surface area contributed by atoms with Crippen LogP contribution in [0.3, 0.4) is 0 Å². The Morgan fingerprint density at radius 3 is 2.50 bits per heavy atom. The second kappa shape index (κ2) is 9.47. The molecule has 2 aliphatic carbocycles. The number of ether oxygens (including phenoxy) is 1. The molecule has 1 aromatic heterocycles. The molecule has 3 fully saturated rings. The van der Waals surface area contributed by atoms with Crippen LogP contribution in [0.1, 0.15) is 58.8 Å². The molecule has 2 aromatic carbocycles. The van der Waals surface area contributed by atoms with Crippen molar-refractivity contribution in [3.8, 4) is 11.3 Å². The number of benzene rings is 2. The molecule has 0 unspecified atom stereocenters. The molecule has 6 rings (SSSR count). The van der Waals surface area contributed by atoms with Crippen molar-refractivity contribution < 1.29 is 32.3 Å². The zero-order chi connectivity index (χ0) is 26.8. The predicted molar refractivity (Wildman–Crippen MR) is 135 cm³/mol. The van der Waals surface area contributed by atoms with Crippen molar-refractivity contribution in [1.82, 2.24) is 5.16 Å². The average molecular weight is 567 g/mol. The van der Waals surface area contributed by atoms with E-state index >= 15 is 0 Å². The van der Waals surface area contributed by atoms with Crippen molar-refractivity contribution in [1.29, 1.82) is 0 Å². The van der Waals surface area contributed by atoms with E-state index in [1.54, 1.807) is 23.1 Å². The molecule has 3 aliphatic rings. The van der Waals surface area contributed by atoms with Gasteiger partial charge in [0.15, 0.2) is 0 Å². The van der Waals surface area contributed by atoms with Crippen molar-refractivity contribution in [3.63, 3.8) is 0 Å². The fraction of sp³-hybridized carbons (Fsp3) is 0.407. The van der Waals surface area contributed by atoms with Gasteiger partial charge < -0.3 is 19.3 Å². The Bertz CT molecular complexity index is 1390. The fourth-order valence-electron chi connectivity index (χ4n) is 5.79. The maximum absolute atomic E-state index is 13.8. The minimum absolute atomic E-state index is 0.0131. The number of alkyl halides is 3. The van der Waals surface area contributed by atoms with Gasteiger partial charge in [0, 0.05) is 41.2 Å². The second-order valence-corrected chi connectivity index (χ2v) is 11.0. The Labute approximate surface area is 226 Å². The largest absolute Gasteiger partial charge is 0.478 e. The van der Waals surface area contributed by atoms with Crippen LogP contribution in [0, 0.1) is 5.92 Å². The molecule has 38 heavy (non-hydrogen) atoms. The van der Waals surface area contributed by atoms with Crippen LogP contribution >= 0.6 is 23.2 Å². The van der Waals surface area contributed by atoms with E-state index < -0.39 is 17.7 Å². The maximum atomic E-state index is 13.8. The number of anilines is 1. The highest BCUT2D eigenvalue weighted by Gasteiger charge is 2.48. The van der Waals surface area contributed by atoms with E-state index in [9.17, 15) is 18.0 Å². The summed E-state index contributed by atoms with van der Waals surface area (Å²) in [6, 6.07) is 8.30. The number of carboxylic acid groups (broad SMARTS) is 1. The molecule has 1 N–H and O–H groups in total. The molecule has 3 aromatic rings. The van der Waals surface area contributed by atoms with Crippen LogP contribution in [0.25, 0.3) is 11.3 Å². The number of piperidine rings is 1. The number of aromatic nitrogens is 1. The van der Waals surface area contributed by atoms with E-state index in [0.29, 0.717) is 46.8 Å². The van der Waals surface area contributed by atoms with Gasteiger partial charge in [0.2, 0.25) is 0 Å². The zero-order valence-corrected chi connectivity index (χ0v) is 21.5. The second-order valence-electron chi connectivity index (χ2n) is 10.2.